The molecule has 18 heavy (non-hydrogen) atoms. The first-order chi connectivity index (χ1) is 8.54. The lowest BCUT2D eigenvalue weighted by atomic mass is 10.00. The zero-order valence-corrected chi connectivity index (χ0v) is 10.1. The van der Waals surface area contributed by atoms with Crippen LogP contribution >= 0.6 is 0 Å². The number of likely N-dealkylation sites (N-methyl/N-ethyl adjacent to an activating group) is 1. The number of amides is 2. The first-order valence-electron chi connectivity index (χ1n) is 5.94. The molecule has 2 aliphatic rings. The molecular weight excluding hydrogens is 240 g/mol. The van der Waals surface area contributed by atoms with Crippen LogP contribution in [-0.4, -0.2) is 59.6 Å². The van der Waals surface area contributed by atoms with E-state index in [-0.39, 0.29) is 37.5 Å². The lowest BCUT2D eigenvalue weighted by Gasteiger charge is -2.32. The molecule has 2 N–H and O–H groups in total. The molecule has 7 nitrogen and oxygen atoms in total. The van der Waals surface area contributed by atoms with Gasteiger partial charge in [-0.25, -0.2) is 0 Å². The summed E-state index contributed by atoms with van der Waals surface area (Å²) in [5.74, 6) is -2.23. The second-order valence-electron chi connectivity index (χ2n) is 4.51. The number of nitrogens with one attached hydrogen (secondary N) is 1. The minimum atomic E-state index is -0.930. The highest BCUT2D eigenvalue weighted by Gasteiger charge is 2.44. The highest BCUT2D eigenvalue weighted by Crippen LogP contribution is 2.24. The number of ether oxygens (including phenoxy) is 1. The molecule has 3 atom stereocenters. The van der Waals surface area contributed by atoms with Crippen molar-refractivity contribution in [2.45, 2.75) is 25.4 Å². The highest BCUT2D eigenvalue weighted by atomic mass is 16.5. The zero-order valence-electron chi connectivity index (χ0n) is 10.1. The van der Waals surface area contributed by atoms with Crippen LogP contribution in [-0.2, 0) is 19.1 Å². The third-order valence-corrected chi connectivity index (χ3v) is 3.50. The number of carbonyl (C=O) groups is 3. The topological polar surface area (TPSA) is 95.9 Å². The van der Waals surface area contributed by atoms with E-state index in [0.717, 1.165) is 0 Å². The van der Waals surface area contributed by atoms with Crippen molar-refractivity contribution in [3.63, 3.8) is 0 Å². The van der Waals surface area contributed by atoms with Gasteiger partial charge in [0.1, 0.15) is 0 Å². The number of nitrogens with zero attached hydrogens (tertiary/aromatic N) is 1. The fraction of sp³-hybridized carbons (Fsp3) is 0.727. The Morgan fingerprint density at radius 1 is 1.50 bits per heavy atom. The quantitative estimate of drug-likeness (QED) is 0.615. The Kier molecular flexibility index (Phi) is 3.63. The SMILES string of the molecule is CCN(C1CC(=O)NC1=O)C1COCC1C(=O)O. The highest BCUT2D eigenvalue weighted by molar-refractivity contribution is 6.05. The number of imide groups is 1. The number of aliphatic carboxylic acids is 1. The second kappa shape index (κ2) is 5.03. The van der Waals surface area contributed by atoms with Crippen molar-refractivity contribution in [3.05, 3.63) is 0 Å². The number of carbonyl (C=O) groups excluding carboxylic acids is 2. The lowest BCUT2D eigenvalue weighted by molar-refractivity contribution is -0.144. The summed E-state index contributed by atoms with van der Waals surface area (Å²) in [6.45, 7) is 2.78. The monoisotopic (exact) mass is 256 g/mol. The second-order valence-corrected chi connectivity index (χ2v) is 4.51. The molecule has 2 heterocycles. The van der Waals surface area contributed by atoms with Gasteiger partial charge in [0.15, 0.2) is 0 Å². The van der Waals surface area contributed by atoms with Crippen LogP contribution in [0.3, 0.4) is 0 Å². The Balaban J connectivity index is 2.15. The van der Waals surface area contributed by atoms with Crippen LogP contribution in [0.25, 0.3) is 0 Å². The molecule has 2 rings (SSSR count). The predicted molar refractivity (Wildman–Crippen MR) is 59.7 cm³/mol. The molecule has 2 aliphatic heterocycles. The van der Waals surface area contributed by atoms with Crippen LogP contribution < -0.4 is 5.32 Å². The van der Waals surface area contributed by atoms with Crippen molar-refractivity contribution in [2.24, 2.45) is 5.92 Å². The van der Waals surface area contributed by atoms with E-state index < -0.39 is 17.9 Å². The van der Waals surface area contributed by atoms with Gasteiger partial charge in [-0.15, -0.1) is 0 Å². The Hall–Kier alpha value is -1.47. The first kappa shape index (κ1) is 13.0. The van der Waals surface area contributed by atoms with Crippen molar-refractivity contribution < 1.29 is 24.2 Å². The molecule has 0 aromatic rings. The van der Waals surface area contributed by atoms with Crippen molar-refractivity contribution in [3.8, 4) is 0 Å². The summed E-state index contributed by atoms with van der Waals surface area (Å²) in [4.78, 5) is 35.7. The van der Waals surface area contributed by atoms with Gasteiger partial charge in [-0.05, 0) is 6.54 Å². The summed E-state index contributed by atoms with van der Waals surface area (Å²) in [6.07, 6.45) is 0.0928. The normalized spacial score (nSPS) is 32.0. The van der Waals surface area contributed by atoms with E-state index in [1.54, 1.807) is 4.90 Å². The van der Waals surface area contributed by atoms with Gasteiger partial charge in [0, 0.05) is 6.04 Å². The van der Waals surface area contributed by atoms with Gasteiger partial charge in [0.25, 0.3) is 0 Å². The first-order valence-corrected chi connectivity index (χ1v) is 5.94. The van der Waals surface area contributed by atoms with Crippen LogP contribution in [0.1, 0.15) is 13.3 Å². The van der Waals surface area contributed by atoms with E-state index in [9.17, 15) is 14.4 Å². The van der Waals surface area contributed by atoms with Crippen molar-refractivity contribution in [1.29, 1.82) is 0 Å². The molecule has 3 unspecified atom stereocenters. The van der Waals surface area contributed by atoms with Crippen molar-refractivity contribution in [2.75, 3.05) is 19.8 Å². The lowest BCUT2D eigenvalue weighted by Crippen LogP contribution is -2.51. The minimum absolute atomic E-state index is 0.0928. The standard InChI is InChI=1S/C11H16N2O5/c1-2-13(7-3-9(14)12-10(7)15)8-5-18-4-6(8)11(16)17/h6-8H,2-5H2,1H3,(H,16,17)(H,12,14,15). The molecule has 0 aliphatic carbocycles. The van der Waals surface area contributed by atoms with Gasteiger partial charge in [-0.1, -0.05) is 6.92 Å². The number of rotatable bonds is 4. The van der Waals surface area contributed by atoms with Crippen LogP contribution in [0.5, 0.6) is 0 Å². The van der Waals surface area contributed by atoms with Crippen LogP contribution in [0.15, 0.2) is 0 Å². The van der Waals surface area contributed by atoms with Crippen LogP contribution in [0.2, 0.25) is 0 Å². The molecule has 2 amide bonds. The Labute approximate surface area is 104 Å². The molecule has 0 aromatic heterocycles. The smallest absolute Gasteiger partial charge is 0.310 e. The van der Waals surface area contributed by atoms with Gasteiger partial charge in [0.05, 0.1) is 31.6 Å². The van der Waals surface area contributed by atoms with E-state index in [1.807, 2.05) is 6.92 Å². The fourth-order valence-corrected chi connectivity index (χ4v) is 2.60. The van der Waals surface area contributed by atoms with Gasteiger partial charge >= 0.3 is 5.97 Å². The molecular formula is C11H16N2O5. The molecule has 7 heteroatoms. The third kappa shape index (κ3) is 2.23. The average molecular weight is 256 g/mol. The van der Waals surface area contributed by atoms with Crippen LogP contribution in [0, 0.1) is 5.92 Å². The molecule has 100 valence electrons. The summed E-state index contributed by atoms with van der Waals surface area (Å²) in [5.41, 5.74) is 0. The van der Waals surface area contributed by atoms with E-state index in [2.05, 4.69) is 5.32 Å². The molecule has 2 fully saturated rings. The van der Waals surface area contributed by atoms with Gasteiger partial charge < -0.3 is 9.84 Å². The maximum atomic E-state index is 11.7. The average Bonchev–Trinajstić information content (AvgIpc) is 2.88. The number of hydrogen-bond acceptors (Lipinski definition) is 5. The van der Waals surface area contributed by atoms with E-state index in [0.29, 0.717) is 6.54 Å². The number of carboxylic acids is 1. The molecule has 2 saturated heterocycles. The predicted octanol–water partition coefficient (Wildman–Crippen LogP) is -1.18. The molecule has 0 saturated carbocycles. The Morgan fingerprint density at radius 3 is 2.72 bits per heavy atom. The number of hydrogen-bond donors (Lipinski definition) is 2. The van der Waals surface area contributed by atoms with E-state index in [1.165, 1.54) is 0 Å². The summed E-state index contributed by atoms with van der Waals surface area (Å²) < 4.78 is 5.20. The summed E-state index contributed by atoms with van der Waals surface area (Å²) in [7, 11) is 0. The fourth-order valence-electron chi connectivity index (χ4n) is 2.60. The van der Waals surface area contributed by atoms with E-state index in [4.69, 9.17) is 9.84 Å². The zero-order chi connectivity index (χ0) is 13.3. The summed E-state index contributed by atoms with van der Waals surface area (Å²) >= 11 is 0. The van der Waals surface area contributed by atoms with Crippen molar-refractivity contribution >= 4 is 17.8 Å². The Morgan fingerprint density at radius 2 is 2.22 bits per heavy atom. The maximum absolute atomic E-state index is 11.7. The van der Waals surface area contributed by atoms with Gasteiger partial charge in [0.2, 0.25) is 11.8 Å². The molecule has 0 radical (unpaired) electrons. The van der Waals surface area contributed by atoms with Crippen LogP contribution in [0.4, 0.5) is 0 Å². The summed E-state index contributed by atoms with van der Waals surface area (Å²) in [5, 5.41) is 11.4. The largest absolute Gasteiger partial charge is 0.481 e. The molecule has 0 spiro atoms. The molecule has 0 aromatic carbocycles. The van der Waals surface area contributed by atoms with Crippen molar-refractivity contribution in [1.82, 2.24) is 10.2 Å². The Bertz CT molecular complexity index is 384. The maximum Gasteiger partial charge on any atom is 0.310 e. The number of carboxylic acid groups (broad SMARTS) is 1. The third-order valence-electron chi connectivity index (χ3n) is 3.50. The molecule has 0 bridgehead atoms. The summed E-state index contributed by atoms with van der Waals surface area (Å²) in [6, 6.07) is -0.926. The minimum Gasteiger partial charge on any atom is -0.481 e. The van der Waals surface area contributed by atoms with Gasteiger partial charge in [-0.2, -0.15) is 0 Å². The van der Waals surface area contributed by atoms with E-state index >= 15 is 0 Å². The van der Waals surface area contributed by atoms with Gasteiger partial charge in [-0.3, -0.25) is 24.6 Å².